The Balaban J connectivity index is 1.59. The maximum Gasteiger partial charge on any atom is 0.247 e. The van der Waals surface area contributed by atoms with Crippen molar-refractivity contribution in [2.45, 2.75) is 24.9 Å². The summed E-state index contributed by atoms with van der Waals surface area (Å²) in [4.78, 5) is 30.4. The Labute approximate surface area is 158 Å². The summed E-state index contributed by atoms with van der Waals surface area (Å²) < 4.78 is 5.30. The SMILES string of the molecule is CNC1(C(=O)N(C)[C@@H]2C[C@H](C)CN(c3ccnc4nccnc34)C2)COC1. The van der Waals surface area contributed by atoms with Crippen LogP contribution in [0.4, 0.5) is 5.69 Å². The molecule has 0 unspecified atom stereocenters. The van der Waals surface area contributed by atoms with Crippen LogP contribution in [0.25, 0.3) is 11.2 Å². The quantitative estimate of drug-likeness (QED) is 0.848. The van der Waals surface area contributed by atoms with Crippen molar-refractivity contribution in [2.24, 2.45) is 5.92 Å². The van der Waals surface area contributed by atoms with Crippen molar-refractivity contribution >= 4 is 22.8 Å². The van der Waals surface area contributed by atoms with E-state index in [0.717, 1.165) is 30.7 Å². The molecule has 1 amide bonds. The number of aromatic nitrogens is 3. The minimum Gasteiger partial charge on any atom is -0.376 e. The standard InChI is InChI=1S/C19H26N6O2/c1-13-8-14(24(3)18(26)19(20-2)11-27-12-19)10-25(9-13)15-4-5-22-17-16(15)21-6-7-23-17/h4-7,13-14,20H,8-12H2,1-3H3/t13-,14+/m0/s1. The minimum atomic E-state index is -0.574. The van der Waals surface area contributed by atoms with Gasteiger partial charge in [0.15, 0.2) is 5.65 Å². The van der Waals surface area contributed by atoms with Crippen LogP contribution in [0.2, 0.25) is 0 Å². The molecule has 2 aromatic heterocycles. The van der Waals surface area contributed by atoms with Gasteiger partial charge in [0.05, 0.1) is 18.9 Å². The zero-order valence-electron chi connectivity index (χ0n) is 16.1. The molecule has 2 atom stereocenters. The highest BCUT2D eigenvalue weighted by atomic mass is 16.5. The van der Waals surface area contributed by atoms with Gasteiger partial charge in [0.25, 0.3) is 0 Å². The maximum absolute atomic E-state index is 13.1. The summed E-state index contributed by atoms with van der Waals surface area (Å²) >= 11 is 0. The second-order valence-corrected chi connectivity index (χ2v) is 7.70. The number of piperidine rings is 1. The fourth-order valence-electron chi connectivity index (χ4n) is 4.10. The Morgan fingerprint density at radius 1 is 1.26 bits per heavy atom. The highest BCUT2D eigenvalue weighted by Crippen LogP contribution is 2.30. The Hall–Kier alpha value is -2.32. The van der Waals surface area contributed by atoms with Gasteiger partial charge in [-0.05, 0) is 25.5 Å². The molecule has 0 aliphatic carbocycles. The van der Waals surface area contributed by atoms with Crippen LogP contribution < -0.4 is 10.2 Å². The monoisotopic (exact) mass is 370 g/mol. The number of nitrogens with zero attached hydrogens (tertiary/aromatic N) is 5. The van der Waals surface area contributed by atoms with Gasteiger partial charge in [-0.25, -0.2) is 15.0 Å². The van der Waals surface area contributed by atoms with Crippen molar-refractivity contribution in [1.82, 2.24) is 25.2 Å². The average Bonchev–Trinajstić information content (AvgIpc) is 2.66. The number of carbonyl (C=O) groups is 1. The first-order chi connectivity index (χ1) is 13.0. The third kappa shape index (κ3) is 3.12. The number of hydrogen-bond donors (Lipinski definition) is 1. The van der Waals surface area contributed by atoms with Crippen molar-refractivity contribution in [3.05, 3.63) is 24.7 Å². The third-order valence-corrected chi connectivity index (χ3v) is 5.78. The molecule has 0 aromatic carbocycles. The molecule has 4 heterocycles. The van der Waals surface area contributed by atoms with Gasteiger partial charge < -0.3 is 19.9 Å². The van der Waals surface area contributed by atoms with Crippen molar-refractivity contribution in [1.29, 1.82) is 0 Å². The largest absolute Gasteiger partial charge is 0.376 e. The molecular formula is C19H26N6O2. The lowest BCUT2D eigenvalue weighted by atomic mass is 9.91. The number of likely N-dealkylation sites (N-methyl/N-ethyl adjacent to an activating group) is 2. The third-order valence-electron chi connectivity index (χ3n) is 5.78. The fourth-order valence-corrected chi connectivity index (χ4v) is 4.10. The molecule has 0 radical (unpaired) electrons. The first-order valence-electron chi connectivity index (χ1n) is 9.38. The van der Waals surface area contributed by atoms with Gasteiger partial charge in [0.1, 0.15) is 11.1 Å². The number of hydrogen-bond acceptors (Lipinski definition) is 7. The predicted molar refractivity (Wildman–Crippen MR) is 102 cm³/mol. The molecule has 0 bridgehead atoms. The van der Waals surface area contributed by atoms with E-state index < -0.39 is 5.54 Å². The molecule has 8 nitrogen and oxygen atoms in total. The molecule has 2 aromatic rings. The lowest BCUT2D eigenvalue weighted by molar-refractivity contribution is -0.159. The van der Waals surface area contributed by atoms with Crippen LogP contribution in [-0.4, -0.2) is 77.7 Å². The molecule has 4 rings (SSSR count). The van der Waals surface area contributed by atoms with Gasteiger partial charge in [0.2, 0.25) is 5.91 Å². The number of fused-ring (bicyclic) bond motifs is 1. The summed E-state index contributed by atoms with van der Waals surface area (Å²) in [6, 6.07) is 2.12. The van der Waals surface area contributed by atoms with Gasteiger partial charge in [-0.2, -0.15) is 0 Å². The van der Waals surface area contributed by atoms with Crippen LogP contribution in [0.1, 0.15) is 13.3 Å². The van der Waals surface area contributed by atoms with Crippen LogP contribution >= 0.6 is 0 Å². The van der Waals surface area contributed by atoms with Gasteiger partial charge in [-0.1, -0.05) is 6.92 Å². The predicted octanol–water partition coefficient (Wildman–Crippen LogP) is 0.686. The van der Waals surface area contributed by atoms with E-state index in [2.05, 4.69) is 32.1 Å². The zero-order chi connectivity index (χ0) is 19.0. The summed E-state index contributed by atoms with van der Waals surface area (Å²) in [5.74, 6) is 0.566. The lowest BCUT2D eigenvalue weighted by Crippen LogP contribution is -2.69. The van der Waals surface area contributed by atoms with Gasteiger partial charge in [-0.15, -0.1) is 0 Å². The maximum atomic E-state index is 13.1. The van der Waals surface area contributed by atoms with Gasteiger partial charge >= 0.3 is 0 Å². The molecule has 2 aliphatic heterocycles. The molecule has 27 heavy (non-hydrogen) atoms. The second kappa shape index (κ2) is 7.01. The highest BCUT2D eigenvalue weighted by Gasteiger charge is 2.47. The van der Waals surface area contributed by atoms with E-state index in [9.17, 15) is 4.79 Å². The molecule has 2 saturated heterocycles. The van der Waals surface area contributed by atoms with Gasteiger partial charge in [0, 0.05) is 44.8 Å². The number of nitrogens with one attached hydrogen (secondary N) is 1. The van der Waals surface area contributed by atoms with Gasteiger partial charge in [-0.3, -0.25) is 4.79 Å². The Bertz CT molecular complexity index is 829. The number of rotatable bonds is 4. The van der Waals surface area contributed by atoms with Crippen molar-refractivity contribution in [2.75, 3.05) is 45.3 Å². The van der Waals surface area contributed by atoms with Crippen LogP contribution in [0.3, 0.4) is 0 Å². The van der Waals surface area contributed by atoms with E-state index in [4.69, 9.17) is 4.74 Å². The lowest BCUT2D eigenvalue weighted by Gasteiger charge is -2.47. The Kier molecular flexibility index (Phi) is 4.69. The number of carbonyl (C=O) groups excluding carboxylic acids is 1. The number of amides is 1. The Morgan fingerprint density at radius 3 is 2.70 bits per heavy atom. The molecule has 2 aliphatic rings. The number of ether oxygens (including phenoxy) is 1. The van der Waals surface area contributed by atoms with Crippen LogP contribution in [0.15, 0.2) is 24.7 Å². The van der Waals surface area contributed by atoms with E-state index in [1.165, 1.54) is 0 Å². The fraction of sp³-hybridized carbons (Fsp3) is 0.579. The number of anilines is 1. The summed E-state index contributed by atoms with van der Waals surface area (Å²) in [5.41, 5.74) is 1.91. The van der Waals surface area contributed by atoms with Crippen LogP contribution in [0.5, 0.6) is 0 Å². The Morgan fingerprint density at radius 2 is 2.00 bits per heavy atom. The molecule has 1 N–H and O–H groups in total. The zero-order valence-corrected chi connectivity index (χ0v) is 16.1. The van der Waals surface area contributed by atoms with Crippen molar-refractivity contribution in [3.63, 3.8) is 0 Å². The summed E-state index contributed by atoms with van der Waals surface area (Å²) in [6.45, 7) is 4.79. The molecule has 144 valence electrons. The minimum absolute atomic E-state index is 0.106. The van der Waals surface area contributed by atoms with E-state index >= 15 is 0 Å². The van der Waals surface area contributed by atoms with E-state index in [1.807, 2.05) is 25.1 Å². The summed E-state index contributed by atoms with van der Waals surface area (Å²) in [7, 11) is 3.73. The normalized spacial score (nSPS) is 24.5. The molecule has 0 saturated carbocycles. The first-order valence-corrected chi connectivity index (χ1v) is 9.38. The molecule has 2 fully saturated rings. The van der Waals surface area contributed by atoms with Crippen molar-refractivity contribution < 1.29 is 9.53 Å². The van der Waals surface area contributed by atoms with Crippen molar-refractivity contribution in [3.8, 4) is 0 Å². The molecule has 8 heteroatoms. The topological polar surface area (TPSA) is 83.5 Å². The highest BCUT2D eigenvalue weighted by molar-refractivity contribution is 5.88. The van der Waals surface area contributed by atoms with Crippen LogP contribution in [-0.2, 0) is 9.53 Å². The average molecular weight is 370 g/mol. The molecule has 0 spiro atoms. The summed E-state index contributed by atoms with van der Waals surface area (Å²) in [6.07, 6.45) is 6.11. The number of pyridine rings is 1. The smallest absolute Gasteiger partial charge is 0.247 e. The van der Waals surface area contributed by atoms with E-state index in [-0.39, 0.29) is 11.9 Å². The summed E-state index contributed by atoms with van der Waals surface area (Å²) in [5, 5.41) is 3.16. The van der Waals surface area contributed by atoms with E-state index in [0.29, 0.717) is 24.8 Å². The first kappa shape index (κ1) is 18.1. The second-order valence-electron chi connectivity index (χ2n) is 7.70. The molecular weight excluding hydrogens is 344 g/mol. The van der Waals surface area contributed by atoms with Crippen LogP contribution in [0, 0.1) is 5.92 Å². The van der Waals surface area contributed by atoms with E-state index in [1.54, 1.807) is 18.6 Å².